The number of anilines is 1. The quantitative estimate of drug-likeness (QED) is 0.311. The van der Waals surface area contributed by atoms with Crippen LogP contribution in [0.25, 0.3) is 33.3 Å². The van der Waals surface area contributed by atoms with Crippen LogP contribution in [0.5, 0.6) is 5.75 Å². The van der Waals surface area contributed by atoms with Gasteiger partial charge < -0.3 is 14.6 Å². The number of rotatable bonds is 4. The van der Waals surface area contributed by atoms with Crippen LogP contribution in [0, 0.1) is 5.82 Å². The standard InChI is InChI=1S/C25H18F4N6O/c26-16-7-6-14-10-18(20-5-2-8-35(20)24-22-23(31-12-30-22)32-13-33-24)21(34-19(14)11-16)15-3-1-4-17(9-15)36-25(27,28)29/h1,3-4,6-7,9-13,20H,2,5,8H2,(H,30,31,32,33). The summed E-state index contributed by atoms with van der Waals surface area (Å²) in [6.07, 6.45) is -0.194. The molecule has 6 rings (SSSR count). The third-order valence-corrected chi connectivity index (χ3v) is 6.24. The first-order chi connectivity index (χ1) is 17.4. The number of fused-ring (bicyclic) bond motifs is 2. The van der Waals surface area contributed by atoms with Crippen LogP contribution in [-0.4, -0.2) is 37.8 Å². The topological polar surface area (TPSA) is 79.8 Å². The van der Waals surface area contributed by atoms with E-state index in [-0.39, 0.29) is 11.8 Å². The van der Waals surface area contributed by atoms with Crippen molar-refractivity contribution in [2.24, 2.45) is 0 Å². The van der Waals surface area contributed by atoms with E-state index in [1.165, 1.54) is 36.7 Å². The van der Waals surface area contributed by atoms with Gasteiger partial charge in [-0.3, -0.25) is 0 Å². The van der Waals surface area contributed by atoms with Crippen LogP contribution < -0.4 is 9.64 Å². The highest BCUT2D eigenvalue weighted by molar-refractivity contribution is 5.86. The fourth-order valence-electron chi connectivity index (χ4n) is 4.80. The maximum atomic E-state index is 14.0. The molecule has 1 fully saturated rings. The molecule has 182 valence electrons. The number of nitrogens with one attached hydrogen (secondary N) is 1. The van der Waals surface area contributed by atoms with Gasteiger partial charge in [0.05, 0.1) is 23.6 Å². The van der Waals surface area contributed by atoms with Crippen molar-refractivity contribution < 1.29 is 22.3 Å². The van der Waals surface area contributed by atoms with Gasteiger partial charge in [0, 0.05) is 29.1 Å². The first-order valence-electron chi connectivity index (χ1n) is 11.2. The van der Waals surface area contributed by atoms with Gasteiger partial charge in [0.15, 0.2) is 11.5 Å². The molecule has 1 atom stereocenters. The highest BCUT2D eigenvalue weighted by Gasteiger charge is 2.33. The van der Waals surface area contributed by atoms with Gasteiger partial charge >= 0.3 is 6.36 Å². The Morgan fingerprint density at radius 1 is 1.03 bits per heavy atom. The van der Waals surface area contributed by atoms with Gasteiger partial charge in [-0.15, -0.1) is 13.2 Å². The summed E-state index contributed by atoms with van der Waals surface area (Å²) in [6, 6.07) is 11.7. The summed E-state index contributed by atoms with van der Waals surface area (Å²) in [4.78, 5) is 22.8. The Morgan fingerprint density at radius 2 is 1.92 bits per heavy atom. The van der Waals surface area contributed by atoms with Crippen molar-refractivity contribution in [3.05, 3.63) is 72.6 Å². The molecule has 5 aromatic rings. The van der Waals surface area contributed by atoms with Crippen molar-refractivity contribution in [3.63, 3.8) is 0 Å². The Labute approximate surface area is 201 Å². The molecule has 36 heavy (non-hydrogen) atoms. The highest BCUT2D eigenvalue weighted by atomic mass is 19.4. The van der Waals surface area contributed by atoms with Crippen molar-refractivity contribution in [1.82, 2.24) is 24.9 Å². The van der Waals surface area contributed by atoms with Crippen LogP contribution >= 0.6 is 0 Å². The first-order valence-corrected chi connectivity index (χ1v) is 11.2. The van der Waals surface area contributed by atoms with E-state index >= 15 is 0 Å². The molecular weight excluding hydrogens is 476 g/mol. The van der Waals surface area contributed by atoms with E-state index in [1.807, 2.05) is 6.07 Å². The number of aromatic amines is 1. The fourth-order valence-corrected chi connectivity index (χ4v) is 4.80. The Hall–Kier alpha value is -4.28. The van der Waals surface area contributed by atoms with Crippen LogP contribution in [0.4, 0.5) is 23.4 Å². The van der Waals surface area contributed by atoms with Crippen LogP contribution in [0.3, 0.4) is 0 Å². The largest absolute Gasteiger partial charge is 0.573 e. The molecule has 4 heterocycles. The Kier molecular flexibility index (Phi) is 5.20. The molecule has 0 saturated carbocycles. The zero-order chi connectivity index (χ0) is 24.9. The summed E-state index contributed by atoms with van der Waals surface area (Å²) in [6.45, 7) is 0.702. The lowest BCUT2D eigenvalue weighted by Gasteiger charge is -2.28. The molecule has 0 radical (unpaired) electrons. The molecule has 1 aliphatic rings. The van der Waals surface area contributed by atoms with E-state index in [9.17, 15) is 17.6 Å². The Balaban J connectivity index is 1.52. The third kappa shape index (κ3) is 4.06. The van der Waals surface area contributed by atoms with E-state index in [2.05, 4.69) is 29.6 Å². The maximum absolute atomic E-state index is 14.0. The van der Waals surface area contributed by atoms with E-state index in [1.54, 1.807) is 18.5 Å². The normalized spacial score (nSPS) is 16.2. The molecular formula is C25H18F4N6O. The lowest BCUT2D eigenvalue weighted by atomic mass is 9.96. The molecule has 7 nitrogen and oxygen atoms in total. The molecule has 11 heteroatoms. The average molecular weight is 494 g/mol. The predicted molar refractivity (Wildman–Crippen MR) is 125 cm³/mol. The molecule has 1 saturated heterocycles. The van der Waals surface area contributed by atoms with Crippen molar-refractivity contribution in [2.45, 2.75) is 25.2 Å². The number of imidazole rings is 1. The van der Waals surface area contributed by atoms with Crippen molar-refractivity contribution >= 4 is 27.9 Å². The van der Waals surface area contributed by atoms with E-state index in [4.69, 9.17) is 4.98 Å². The minimum atomic E-state index is -4.83. The number of halogens is 4. The Morgan fingerprint density at radius 3 is 2.78 bits per heavy atom. The number of aromatic nitrogens is 5. The number of hydrogen-bond acceptors (Lipinski definition) is 6. The molecule has 1 aliphatic heterocycles. The third-order valence-electron chi connectivity index (χ3n) is 6.24. The van der Waals surface area contributed by atoms with Crippen LogP contribution in [-0.2, 0) is 0 Å². The zero-order valence-electron chi connectivity index (χ0n) is 18.6. The van der Waals surface area contributed by atoms with Gasteiger partial charge in [0.25, 0.3) is 0 Å². The van der Waals surface area contributed by atoms with E-state index in [0.29, 0.717) is 40.3 Å². The first kappa shape index (κ1) is 22.2. The van der Waals surface area contributed by atoms with Gasteiger partial charge in [-0.05, 0) is 43.2 Å². The predicted octanol–water partition coefficient (Wildman–Crippen LogP) is 5.95. The lowest BCUT2D eigenvalue weighted by Crippen LogP contribution is -2.24. The SMILES string of the molecule is Fc1ccc2cc(C3CCCN3c3ncnc4nc[nH]c34)c(-c3cccc(OC(F)(F)F)c3)nc2c1. The number of H-pyrrole nitrogens is 1. The van der Waals surface area contributed by atoms with E-state index < -0.39 is 12.2 Å². The molecule has 0 amide bonds. The highest BCUT2D eigenvalue weighted by Crippen LogP contribution is 2.42. The molecule has 2 aromatic carbocycles. The summed E-state index contributed by atoms with van der Waals surface area (Å²) in [5, 5.41) is 0.721. The minimum absolute atomic E-state index is 0.185. The molecule has 0 spiro atoms. The lowest BCUT2D eigenvalue weighted by molar-refractivity contribution is -0.274. The number of ether oxygens (including phenoxy) is 1. The van der Waals surface area contributed by atoms with Crippen molar-refractivity contribution in [1.29, 1.82) is 0 Å². The van der Waals surface area contributed by atoms with Gasteiger partial charge in [-0.25, -0.2) is 24.3 Å². The number of pyridine rings is 1. The second-order valence-corrected chi connectivity index (χ2v) is 8.49. The summed E-state index contributed by atoms with van der Waals surface area (Å²) in [5.74, 6) is -0.127. The fraction of sp³-hybridized carbons (Fsp3) is 0.200. The summed E-state index contributed by atoms with van der Waals surface area (Å²) in [5.41, 5.74) is 3.31. The van der Waals surface area contributed by atoms with Gasteiger partial charge in [0.2, 0.25) is 0 Å². The molecule has 0 bridgehead atoms. The second kappa shape index (κ2) is 8.43. The summed E-state index contributed by atoms with van der Waals surface area (Å²) in [7, 11) is 0. The molecule has 1 N–H and O–H groups in total. The Bertz CT molecular complexity index is 1580. The maximum Gasteiger partial charge on any atom is 0.573 e. The van der Waals surface area contributed by atoms with Gasteiger partial charge in [0.1, 0.15) is 23.4 Å². The minimum Gasteiger partial charge on any atom is -0.406 e. The monoisotopic (exact) mass is 494 g/mol. The summed E-state index contributed by atoms with van der Waals surface area (Å²) < 4.78 is 56.8. The number of alkyl halides is 3. The van der Waals surface area contributed by atoms with Crippen molar-refractivity contribution in [3.8, 4) is 17.0 Å². The number of hydrogen-bond donors (Lipinski definition) is 1. The molecule has 1 unspecified atom stereocenters. The van der Waals surface area contributed by atoms with Crippen LogP contribution in [0.15, 0.2) is 61.2 Å². The molecule has 0 aliphatic carbocycles. The average Bonchev–Trinajstić information content (AvgIpc) is 3.52. The van der Waals surface area contributed by atoms with Gasteiger partial charge in [-0.2, -0.15) is 0 Å². The number of benzene rings is 2. The molecule has 3 aromatic heterocycles. The van der Waals surface area contributed by atoms with Crippen LogP contribution in [0.1, 0.15) is 24.4 Å². The second-order valence-electron chi connectivity index (χ2n) is 8.49. The zero-order valence-corrected chi connectivity index (χ0v) is 18.6. The van der Waals surface area contributed by atoms with Crippen molar-refractivity contribution in [2.75, 3.05) is 11.4 Å². The van der Waals surface area contributed by atoms with E-state index in [0.717, 1.165) is 23.8 Å². The smallest absolute Gasteiger partial charge is 0.406 e. The van der Waals surface area contributed by atoms with Crippen LogP contribution in [0.2, 0.25) is 0 Å². The summed E-state index contributed by atoms with van der Waals surface area (Å²) >= 11 is 0. The van der Waals surface area contributed by atoms with Gasteiger partial charge in [-0.1, -0.05) is 12.1 Å². The number of nitrogens with zero attached hydrogens (tertiary/aromatic N) is 5.